The zero-order valence-electron chi connectivity index (χ0n) is 18.7. The topological polar surface area (TPSA) is 89.9 Å². The lowest BCUT2D eigenvalue weighted by Crippen LogP contribution is -2.48. The average Bonchev–Trinajstić information content (AvgIpc) is 2.94. The van der Waals surface area contributed by atoms with Gasteiger partial charge in [-0.1, -0.05) is 34.8 Å². The molecule has 1 aliphatic rings. The first-order valence-corrected chi connectivity index (χ1v) is 11.9. The predicted octanol–water partition coefficient (Wildman–Crippen LogP) is 5.90. The summed E-state index contributed by atoms with van der Waals surface area (Å²) in [6.45, 7) is -1.87. The van der Waals surface area contributed by atoms with Gasteiger partial charge in [0.25, 0.3) is 17.7 Å². The van der Waals surface area contributed by atoms with Crippen LogP contribution in [-0.2, 0) is 5.60 Å². The minimum atomic E-state index is -3.81. The van der Waals surface area contributed by atoms with Crippen LogP contribution in [0.2, 0.25) is 15.1 Å². The van der Waals surface area contributed by atoms with Crippen molar-refractivity contribution in [2.75, 3.05) is 23.4 Å². The fraction of sp³-hybridized carbons (Fsp3) is 0.200. The third-order valence-corrected chi connectivity index (χ3v) is 6.86. The first-order valence-electron chi connectivity index (χ1n) is 10.8. The van der Waals surface area contributed by atoms with Crippen LogP contribution >= 0.6 is 34.8 Å². The summed E-state index contributed by atoms with van der Waals surface area (Å²) in [6, 6.07) is 11.0. The summed E-state index contributed by atoms with van der Waals surface area (Å²) >= 11 is 17.8. The Balaban J connectivity index is 1.66. The molecule has 0 saturated heterocycles. The first-order chi connectivity index (χ1) is 17.4. The number of alkyl halides is 2. The molecule has 37 heavy (non-hydrogen) atoms. The SMILES string of the molecule is O=C(Nc1ccc(C(=O)N2CCC(F)(F)[C@](O)(CO)c3cc(Cl)ccc32)cc1F)c1cc(Cl)ccc1Cl. The van der Waals surface area contributed by atoms with Crippen LogP contribution in [0.3, 0.4) is 0 Å². The maximum Gasteiger partial charge on any atom is 0.284 e. The molecule has 2 amide bonds. The first kappa shape index (κ1) is 27.2. The van der Waals surface area contributed by atoms with E-state index in [1.165, 1.54) is 36.4 Å². The summed E-state index contributed by atoms with van der Waals surface area (Å²) in [4.78, 5) is 26.8. The molecule has 12 heteroatoms. The summed E-state index contributed by atoms with van der Waals surface area (Å²) in [5.74, 6) is -6.37. The highest BCUT2D eigenvalue weighted by atomic mass is 35.5. The molecule has 4 rings (SSSR count). The Bertz CT molecular complexity index is 1410. The molecule has 0 unspecified atom stereocenters. The van der Waals surface area contributed by atoms with Crippen LogP contribution in [0.15, 0.2) is 54.6 Å². The van der Waals surface area contributed by atoms with E-state index in [1.807, 2.05) is 0 Å². The van der Waals surface area contributed by atoms with Crippen LogP contribution < -0.4 is 10.2 Å². The van der Waals surface area contributed by atoms with Crippen molar-refractivity contribution >= 4 is 58.0 Å². The van der Waals surface area contributed by atoms with Gasteiger partial charge in [0.15, 0.2) is 5.60 Å². The second kappa shape index (κ2) is 10.2. The van der Waals surface area contributed by atoms with E-state index in [-0.39, 0.29) is 37.6 Å². The minimum Gasteiger partial charge on any atom is -0.393 e. The van der Waals surface area contributed by atoms with Gasteiger partial charge in [0, 0.05) is 34.1 Å². The lowest BCUT2D eigenvalue weighted by molar-refractivity contribution is -0.205. The van der Waals surface area contributed by atoms with E-state index < -0.39 is 54.3 Å². The van der Waals surface area contributed by atoms with Gasteiger partial charge in [-0.2, -0.15) is 0 Å². The van der Waals surface area contributed by atoms with Gasteiger partial charge in [0.1, 0.15) is 5.82 Å². The normalized spacial score (nSPS) is 18.6. The molecule has 3 aromatic rings. The summed E-state index contributed by atoms with van der Waals surface area (Å²) in [6.07, 6.45) is -0.987. The van der Waals surface area contributed by atoms with E-state index >= 15 is 0 Å². The van der Waals surface area contributed by atoms with Crippen molar-refractivity contribution in [3.8, 4) is 0 Å². The van der Waals surface area contributed by atoms with Crippen molar-refractivity contribution in [3.63, 3.8) is 0 Å². The van der Waals surface area contributed by atoms with E-state index in [2.05, 4.69) is 5.32 Å². The fourth-order valence-electron chi connectivity index (χ4n) is 4.03. The number of halogens is 6. The number of aliphatic hydroxyl groups is 2. The number of anilines is 2. The van der Waals surface area contributed by atoms with Crippen LogP contribution in [0, 0.1) is 5.82 Å². The zero-order valence-corrected chi connectivity index (χ0v) is 21.0. The Morgan fingerprint density at radius 1 is 1.00 bits per heavy atom. The number of hydrogen-bond acceptors (Lipinski definition) is 4. The molecule has 0 bridgehead atoms. The van der Waals surface area contributed by atoms with Crippen molar-refractivity contribution in [1.29, 1.82) is 0 Å². The molecule has 3 aromatic carbocycles. The number of aliphatic hydroxyl groups excluding tert-OH is 1. The number of nitrogens with one attached hydrogen (secondary N) is 1. The molecule has 1 atom stereocenters. The quantitative estimate of drug-likeness (QED) is 0.362. The van der Waals surface area contributed by atoms with Crippen LogP contribution in [-0.4, -0.2) is 41.1 Å². The third kappa shape index (κ3) is 5.02. The van der Waals surface area contributed by atoms with Crippen LogP contribution in [0.25, 0.3) is 0 Å². The number of benzene rings is 3. The molecule has 0 aliphatic carbocycles. The molecule has 6 nitrogen and oxygen atoms in total. The summed E-state index contributed by atoms with van der Waals surface area (Å²) in [7, 11) is 0. The van der Waals surface area contributed by atoms with Crippen LogP contribution in [0.1, 0.15) is 32.7 Å². The molecule has 1 heterocycles. The number of fused-ring (bicyclic) bond motifs is 1. The smallest absolute Gasteiger partial charge is 0.284 e. The summed E-state index contributed by atoms with van der Waals surface area (Å²) < 4.78 is 44.7. The average molecular weight is 574 g/mol. The van der Waals surface area contributed by atoms with Gasteiger partial charge >= 0.3 is 0 Å². The number of carbonyl (C=O) groups excluding carboxylic acids is 2. The van der Waals surface area contributed by atoms with E-state index in [9.17, 15) is 33.0 Å². The molecule has 3 N–H and O–H groups in total. The van der Waals surface area contributed by atoms with Crippen LogP contribution in [0.5, 0.6) is 0 Å². The van der Waals surface area contributed by atoms with E-state index in [0.717, 1.165) is 23.1 Å². The van der Waals surface area contributed by atoms with Crippen molar-refractivity contribution in [1.82, 2.24) is 0 Å². The fourth-order valence-corrected chi connectivity index (χ4v) is 4.58. The van der Waals surface area contributed by atoms with Gasteiger partial charge in [-0.05, 0) is 54.6 Å². The van der Waals surface area contributed by atoms with Crippen molar-refractivity contribution < 1.29 is 33.0 Å². The number of nitrogens with zero attached hydrogens (tertiary/aromatic N) is 1. The predicted molar refractivity (Wildman–Crippen MR) is 134 cm³/mol. The standard InChI is InChI=1S/C25H18Cl3F3N2O4/c26-14-2-4-18(28)16(10-14)22(35)32-20-5-1-13(9-19(20)29)23(36)33-8-7-25(30,31)24(37,12-34)17-11-15(27)3-6-21(17)33/h1-6,9-11,34,37H,7-8,12H2,(H,32,35)/t24-/m0/s1. The van der Waals surface area contributed by atoms with Crippen molar-refractivity contribution in [3.05, 3.63) is 92.2 Å². The van der Waals surface area contributed by atoms with Crippen molar-refractivity contribution in [2.24, 2.45) is 0 Å². The maximum atomic E-state index is 14.9. The van der Waals surface area contributed by atoms with Gasteiger partial charge in [0.05, 0.1) is 28.6 Å². The number of hydrogen-bond donors (Lipinski definition) is 3. The Morgan fingerprint density at radius 3 is 2.35 bits per heavy atom. The second-order valence-corrected chi connectivity index (χ2v) is 9.64. The molecular weight excluding hydrogens is 556 g/mol. The largest absolute Gasteiger partial charge is 0.393 e. The van der Waals surface area contributed by atoms with Crippen molar-refractivity contribution in [2.45, 2.75) is 17.9 Å². The molecule has 0 fully saturated rings. The number of carbonyl (C=O) groups is 2. The maximum absolute atomic E-state index is 14.9. The lowest BCUT2D eigenvalue weighted by Gasteiger charge is -2.33. The Morgan fingerprint density at radius 2 is 1.68 bits per heavy atom. The van der Waals surface area contributed by atoms with E-state index in [1.54, 1.807) is 0 Å². The van der Waals surface area contributed by atoms with Crippen LogP contribution in [0.4, 0.5) is 24.5 Å². The van der Waals surface area contributed by atoms with Gasteiger partial charge in [0.2, 0.25) is 0 Å². The molecule has 194 valence electrons. The zero-order chi connectivity index (χ0) is 27.1. The molecule has 0 saturated carbocycles. The van der Waals surface area contributed by atoms with E-state index in [4.69, 9.17) is 34.8 Å². The Kier molecular flexibility index (Phi) is 7.47. The molecule has 0 aromatic heterocycles. The number of rotatable bonds is 4. The van der Waals surface area contributed by atoms with Gasteiger partial charge < -0.3 is 20.4 Å². The third-order valence-electron chi connectivity index (χ3n) is 6.06. The highest BCUT2D eigenvalue weighted by Gasteiger charge is 2.56. The summed E-state index contributed by atoms with van der Waals surface area (Å²) in [5.41, 5.74) is -4.02. The molecular formula is C25H18Cl3F3N2O4. The lowest BCUT2D eigenvalue weighted by atomic mass is 9.86. The highest BCUT2D eigenvalue weighted by Crippen LogP contribution is 2.47. The number of amides is 2. The highest BCUT2D eigenvalue weighted by molar-refractivity contribution is 6.36. The van der Waals surface area contributed by atoms with Gasteiger partial charge in [-0.3, -0.25) is 9.59 Å². The second-order valence-electron chi connectivity index (χ2n) is 8.36. The van der Waals surface area contributed by atoms with E-state index in [0.29, 0.717) is 0 Å². The molecule has 0 radical (unpaired) electrons. The van der Waals surface area contributed by atoms with Gasteiger partial charge in [-0.15, -0.1) is 0 Å². The Labute approximate surface area is 224 Å². The molecule has 1 aliphatic heterocycles. The Hall–Kier alpha value is -2.82. The summed E-state index contributed by atoms with van der Waals surface area (Å²) in [5, 5.41) is 23.1. The van der Waals surface area contributed by atoms with Gasteiger partial charge in [-0.25, -0.2) is 13.2 Å². The monoisotopic (exact) mass is 572 g/mol. The minimum absolute atomic E-state index is 0.00155. The molecule has 0 spiro atoms.